The fourth-order valence-electron chi connectivity index (χ4n) is 2.81. The fraction of sp³-hybridized carbons (Fsp3) is 0.722. The monoisotopic (exact) mass is 417 g/mol. The lowest BCUT2D eigenvalue weighted by molar-refractivity contribution is -0.271. The smallest absolute Gasteiger partial charge is 0.305 e. The Kier molecular flexibility index (Phi) is 9.53. The van der Waals surface area contributed by atoms with Crippen LogP contribution in [0.25, 0.3) is 0 Å². The Hall–Kier alpha value is -2.69. The summed E-state index contributed by atoms with van der Waals surface area (Å²) >= 11 is 0. The van der Waals surface area contributed by atoms with Crippen molar-refractivity contribution in [3.63, 3.8) is 0 Å². The average molecular weight is 417 g/mol. The minimum Gasteiger partial charge on any atom is -0.463 e. The van der Waals surface area contributed by atoms with Gasteiger partial charge < -0.3 is 29.0 Å². The van der Waals surface area contributed by atoms with Crippen molar-refractivity contribution in [3.05, 3.63) is 0 Å². The van der Waals surface area contributed by atoms with Crippen molar-refractivity contribution in [3.8, 4) is 0 Å². The summed E-state index contributed by atoms with van der Waals surface area (Å²) in [6.07, 6.45) is -4.24. The predicted octanol–water partition coefficient (Wildman–Crippen LogP) is -0.0142. The third-order valence-corrected chi connectivity index (χ3v) is 3.77. The van der Waals surface area contributed by atoms with E-state index in [-0.39, 0.29) is 13.0 Å². The third-order valence-electron chi connectivity index (χ3n) is 3.77. The molecule has 29 heavy (non-hydrogen) atoms. The van der Waals surface area contributed by atoms with Crippen molar-refractivity contribution in [1.82, 2.24) is 5.32 Å². The number of ether oxygens (including phenoxy) is 5. The molecule has 0 saturated carbocycles. The first kappa shape index (κ1) is 24.3. The van der Waals surface area contributed by atoms with Crippen LogP contribution in [0.1, 0.15) is 47.5 Å². The van der Waals surface area contributed by atoms with Gasteiger partial charge in [-0.15, -0.1) is 0 Å². The Morgan fingerprint density at radius 1 is 0.862 bits per heavy atom. The van der Waals surface area contributed by atoms with Crippen LogP contribution in [-0.2, 0) is 47.7 Å². The molecule has 0 radical (unpaired) electrons. The number of hydrogen-bond acceptors (Lipinski definition) is 10. The lowest BCUT2D eigenvalue weighted by atomic mass is 9.96. The summed E-state index contributed by atoms with van der Waals surface area (Å²) in [6.45, 7) is 6.04. The van der Waals surface area contributed by atoms with Gasteiger partial charge in [-0.25, -0.2) is 0 Å². The van der Waals surface area contributed by atoms with Crippen molar-refractivity contribution in [2.45, 2.75) is 78.1 Å². The molecule has 0 spiro atoms. The Bertz CT molecular complexity index is 634. The largest absolute Gasteiger partial charge is 0.463 e. The lowest BCUT2D eigenvalue weighted by Gasteiger charge is -2.44. The molecular formula is C18H27NO10. The zero-order chi connectivity index (χ0) is 22.1. The molecular weight excluding hydrogens is 390 g/mol. The van der Waals surface area contributed by atoms with Crippen molar-refractivity contribution >= 4 is 29.8 Å². The van der Waals surface area contributed by atoms with E-state index >= 15 is 0 Å². The van der Waals surface area contributed by atoms with Gasteiger partial charge in [-0.2, -0.15) is 0 Å². The minimum absolute atomic E-state index is 0.167. The van der Waals surface area contributed by atoms with E-state index < -0.39 is 60.4 Å². The van der Waals surface area contributed by atoms with Crippen LogP contribution in [0.3, 0.4) is 0 Å². The Balaban J connectivity index is 3.24. The van der Waals surface area contributed by atoms with Gasteiger partial charge in [-0.05, 0) is 6.42 Å². The second kappa shape index (κ2) is 11.3. The number of nitrogens with one attached hydrogen (secondary N) is 1. The summed E-state index contributed by atoms with van der Waals surface area (Å²) in [5, 5.41) is 2.48. The van der Waals surface area contributed by atoms with E-state index in [1.165, 1.54) is 6.92 Å². The summed E-state index contributed by atoms with van der Waals surface area (Å²) < 4.78 is 26.4. The zero-order valence-corrected chi connectivity index (χ0v) is 17.1. The Labute approximate surface area is 168 Å². The van der Waals surface area contributed by atoms with Gasteiger partial charge in [0.1, 0.15) is 18.8 Å². The van der Waals surface area contributed by atoms with Gasteiger partial charge in [0.25, 0.3) is 0 Å². The molecule has 1 saturated heterocycles. The molecule has 11 heteroatoms. The van der Waals surface area contributed by atoms with Crippen LogP contribution in [0.2, 0.25) is 0 Å². The number of hydrogen-bond donors (Lipinski definition) is 1. The van der Waals surface area contributed by atoms with Gasteiger partial charge in [0.2, 0.25) is 12.2 Å². The third kappa shape index (κ3) is 8.06. The van der Waals surface area contributed by atoms with Crippen LogP contribution < -0.4 is 5.32 Å². The van der Waals surface area contributed by atoms with E-state index in [2.05, 4.69) is 5.32 Å². The first-order valence-electron chi connectivity index (χ1n) is 9.15. The first-order chi connectivity index (χ1) is 13.5. The van der Waals surface area contributed by atoms with E-state index in [9.17, 15) is 24.0 Å². The number of amides is 1. The van der Waals surface area contributed by atoms with Crippen molar-refractivity contribution in [1.29, 1.82) is 0 Å². The molecule has 5 atom stereocenters. The highest BCUT2D eigenvalue weighted by Gasteiger charge is 2.52. The lowest BCUT2D eigenvalue weighted by Crippen LogP contribution is -2.66. The summed E-state index contributed by atoms with van der Waals surface area (Å²) in [5.41, 5.74) is 0. The zero-order valence-electron chi connectivity index (χ0n) is 17.1. The number of esters is 4. The fourth-order valence-corrected chi connectivity index (χ4v) is 2.81. The maximum atomic E-state index is 11.7. The highest BCUT2D eigenvalue weighted by Crippen LogP contribution is 2.28. The highest BCUT2D eigenvalue weighted by molar-refractivity contribution is 5.74. The van der Waals surface area contributed by atoms with Gasteiger partial charge in [-0.3, -0.25) is 24.0 Å². The molecule has 1 fully saturated rings. The molecule has 164 valence electrons. The molecule has 0 unspecified atom stereocenters. The van der Waals surface area contributed by atoms with E-state index in [0.29, 0.717) is 6.42 Å². The van der Waals surface area contributed by atoms with E-state index in [1.807, 2.05) is 0 Å². The Morgan fingerprint density at radius 2 is 1.41 bits per heavy atom. The quantitative estimate of drug-likeness (QED) is 0.423. The van der Waals surface area contributed by atoms with Crippen LogP contribution in [0.5, 0.6) is 0 Å². The minimum atomic E-state index is -1.37. The van der Waals surface area contributed by atoms with Gasteiger partial charge in [0.15, 0.2) is 12.2 Å². The summed E-state index contributed by atoms with van der Waals surface area (Å²) in [4.78, 5) is 58.1. The van der Waals surface area contributed by atoms with Gasteiger partial charge in [0, 0.05) is 34.1 Å². The van der Waals surface area contributed by atoms with Gasteiger partial charge >= 0.3 is 23.9 Å². The van der Waals surface area contributed by atoms with Crippen LogP contribution in [0, 0.1) is 0 Å². The summed E-state index contributed by atoms with van der Waals surface area (Å²) in [6, 6.07) is -1.16. The maximum Gasteiger partial charge on any atom is 0.305 e. The first-order valence-corrected chi connectivity index (χ1v) is 9.15. The van der Waals surface area contributed by atoms with Gasteiger partial charge in [0.05, 0.1) is 0 Å². The molecule has 1 amide bonds. The van der Waals surface area contributed by atoms with Crippen LogP contribution >= 0.6 is 0 Å². The molecule has 1 aliphatic rings. The molecule has 11 nitrogen and oxygen atoms in total. The molecule has 1 rings (SSSR count). The van der Waals surface area contributed by atoms with Crippen LogP contribution in [0.15, 0.2) is 0 Å². The molecule has 0 aromatic carbocycles. The molecule has 0 aliphatic carbocycles. The molecule has 0 bridgehead atoms. The van der Waals surface area contributed by atoms with Gasteiger partial charge in [-0.1, -0.05) is 6.92 Å². The SMILES string of the molecule is CCCC(=O)OC[C@H]1O[C@@H](OC(C)=O)[C@@H](NC(C)=O)[C@@H](OC(C)=O)[C@@H]1OC(C)=O. The number of carbonyl (C=O) groups excluding carboxylic acids is 5. The molecule has 1 N–H and O–H groups in total. The van der Waals surface area contributed by atoms with E-state index in [0.717, 1.165) is 20.8 Å². The van der Waals surface area contributed by atoms with Crippen molar-refractivity contribution in [2.24, 2.45) is 0 Å². The normalized spacial score (nSPS) is 26.0. The van der Waals surface area contributed by atoms with Crippen molar-refractivity contribution < 1.29 is 47.7 Å². The number of rotatable bonds is 8. The number of carbonyl (C=O) groups is 5. The van der Waals surface area contributed by atoms with E-state index in [4.69, 9.17) is 23.7 Å². The van der Waals surface area contributed by atoms with Crippen LogP contribution in [0.4, 0.5) is 0 Å². The van der Waals surface area contributed by atoms with Crippen LogP contribution in [-0.4, -0.2) is 67.0 Å². The molecule has 1 aliphatic heterocycles. The second-order valence-electron chi connectivity index (χ2n) is 6.46. The molecule has 0 aromatic rings. The predicted molar refractivity (Wildman–Crippen MR) is 95.0 cm³/mol. The average Bonchev–Trinajstić information content (AvgIpc) is 2.57. The summed E-state index contributed by atoms with van der Waals surface area (Å²) in [7, 11) is 0. The van der Waals surface area contributed by atoms with E-state index in [1.54, 1.807) is 6.92 Å². The van der Waals surface area contributed by atoms with Crippen molar-refractivity contribution in [2.75, 3.05) is 6.61 Å². The molecule has 1 heterocycles. The maximum absolute atomic E-state index is 11.7. The molecule has 0 aromatic heterocycles. The Morgan fingerprint density at radius 3 is 1.90 bits per heavy atom. The second-order valence-corrected chi connectivity index (χ2v) is 6.46. The topological polar surface area (TPSA) is 144 Å². The highest BCUT2D eigenvalue weighted by atomic mass is 16.7. The summed E-state index contributed by atoms with van der Waals surface area (Å²) in [5.74, 6) is -3.20. The standard InChI is InChI=1S/C18H27NO10/c1-6-7-14(24)25-8-13-16(26-10(3)21)17(27-11(4)22)15(19-9(2)20)18(29-13)28-12(5)23/h13,15-18H,6-8H2,1-5H3,(H,19,20)/t13-,15+,16-,17-,18-/m1/s1.